The van der Waals surface area contributed by atoms with Gasteiger partial charge in [0.05, 0.1) is 22.1 Å². The second-order valence-electron chi connectivity index (χ2n) is 9.15. The van der Waals surface area contributed by atoms with E-state index >= 15 is 0 Å². The molecule has 1 aliphatic carbocycles. The van der Waals surface area contributed by atoms with Gasteiger partial charge in [0.15, 0.2) is 0 Å². The van der Waals surface area contributed by atoms with Gasteiger partial charge in [0.25, 0.3) is 5.56 Å². The fraction of sp³-hybridized carbons (Fsp3) is 0.400. The van der Waals surface area contributed by atoms with Gasteiger partial charge in [-0.3, -0.25) is 4.79 Å². The SMILES string of the molecule is CCN1CCC(c2ccc3nc(-c4c(=O)[nH]cc5c(C#N)c(C6CC6)[nH]c45)[nH]c3c2)CC1. The van der Waals surface area contributed by atoms with Crippen molar-refractivity contribution in [1.82, 2.24) is 24.8 Å². The van der Waals surface area contributed by atoms with Crippen LogP contribution in [-0.2, 0) is 0 Å². The van der Waals surface area contributed by atoms with Gasteiger partial charge in [0.2, 0.25) is 0 Å². The Kier molecular flexibility index (Phi) is 4.44. The van der Waals surface area contributed by atoms with Crippen molar-refractivity contribution in [2.75, 3.05) is 19.6 Å². The van der Waals surface area contributed by atoms with Crippen LogP contribution in [0.1, 0.15) is 61.3 Å². The molecule has 4 heterocycles. The molecule has 0 radical (unpaired) electrons. The zero-order valence-corrected chi connectivity index (χ0v) is 18.2. The lowest BCUT2D eigenvalue weighted by Crippen LogP contribution is -2.32. The number of pyridine rings is 1. The van der Waals surface area contributed by atoms with Crippen molar-refractivity contribution in [3.05, 3.63) is 51.6 Å². The van der Waals surface area contributed by atoms with Gasteiger partial charge in [-0.05, 0) is 68.9 Å². The summed E-state index contributed by atoms with van der Waals surface area (Å²) in [6.07, 6.45) is 6.14. The van der Waals surface area contributed by atoms with E-state index in [2.05, 4.69) is 51.0 Å². The molecule has 1 aliphatic heterocycles. The maximum Gasteiger partial charge on any atom is 0.261 e. The monoisotopic (exact) mass is 426 g/mol. The Hall–Kier alpha value is -3.37. The molecule has 0 atom stereocenters. The van der Waals surface area contributed by atoms with E-state index in [9.17, 15) is 10.1 Å². The predicted octanol–water partition coefficient (Wildman–Crippen LogP) is 4.35. The van der Waals surface area contributed by atoms with Crippen LogP contribution in [0.4, 0.5) is 0 Å². The lowest BCUT2D eigenvalue weighted by Gasteiger charge is -2.31. The zero-order chi connectivity index (χ0) is 21.8. The van der Waals surface area contributed by atoms with Crippen molar-refractivity contribution in [3.63, 3.8) is 0 Å². The molecule has 1 saturated heterocycles. The summed E-state index contributed by atoms with van der Waals surface area (Å²) in [6, 6.07) is 8.75. The highest BCUT2D eigenvalue weighted by Gasteiger charge is 2.30. The Bertz CT molecular complexity index is 1420. The molecule has 2 aliphatic rings. The summed E-state index contributed by atoms with van der Waals surface area (Å²) < 4.78 is 0. The fourth-order valence-corrected chi connectivity index (χ4v) is 5.21. The molecule has 7 nitrogen and oxygen atoms in total. The van der Waals surface area contributed by atoms with Crippen LogP contribution in [-0.4, -0.2) is 44.5 Å². The van der Waals surface area contributed by atoms with E-state index in [4.69, 9.17) is 4.98 Å². The number of aromatic amines is 3. The van der Waals surface area contributed by atoms with Crippen molar-refractivity contribution < 1.29 is 0 Å². The molecule has 6 rings (SSSR count). The molecule has 3 N–H and O–H groups in total. The van der Waals surface area contributed by atoms with Gasteiger partial charge in [-0.25, -0.2) is 4.98 Å². The third-order valence-electron chi connectivity index (χ3n) is 7.24. The minimum Gasteiger partial charge on any atom is -0.356 e. The summed E-state index contributed by atoms with van der Waals surface area (Å²) in [6.45, 7) is 5.62. The van der Waals surface area contributed by atoms with Gasteiger partial charge in [-0.2, -0.15) is 5.26 Å². The molecular formula is C25H26N6O. The van der Waals surface area contributed by atoms with Crippen molar-refractivity contribution in [2.45, 2.75) is 44.4 Å². The van der Waals surface area contributed by atoms with Crippen LogP contribution in [0, 0.1) is 11.3 Å². The summed E-state index contributed by atoms with van der Waals surface area (Å²) in [5, 5.41) is 10.5. The molecule has 7 heteroatoms. The average Bonchev–Trinajstić information content (AvgIpc) is 3.47. The Morgan fingerprint density at radius 1 is 1.16 bits per heavy atom. The normalized spacial score (nSPS) is 17.9. The second kappa shape index (κ2) is 7.35. The third-order valence-corrected chi connectivity index (χ3v) is 7.24. The van der Waals surface area contributed by atoms with Crippen LogP contribution >= 0.6 is 0 Å². The molecule has 32 heavy (non-hydrogen) atoms. The summed E-state index contributed by atoms with van der Waals surface area (Å²) in [5.74, 6) is 1.48. The Balaban J connectivity index is 1.43. The summed E-state index contributed by atoms with van der Waals surface area (Å²) >= 11 is 0. The van der Waals surface area contributed by atoms with E-state index in [0.717, 1.165) is 54.6 Å². The van der Waals surface area contributed by atoms with Crippen LogP contribution in [0.3, 0.4) is 0 Å². The molecule has 0 bridgehead atoms. The van der Waals surface area contributed by atoms with Crippen LogP contribution in [0.2, 0.25) is 0 Å². The number of benzene rings is 1. The van der Waals surface area contributed by atoms with E-state index in [1.165, 1.54) is 18.4 Å². The van der Waals surface area contributed by atoms with Gasteiger partial charge in [0.1, 0.15) is 17.5 Å². The number of likely N-dealkylation sites (tertiary alicyclic amines) is 1. The number of nitrogens with one attached hydrogen (secondary N) is 3. The van der Waals surface area contributed by atoms with Gasteiger partial charge in [0, 0.05) is 23.2 Å². The maximum atomic E-state index is 12.9. The minimum atomic E-state index is -0.211. The minimum absolute atomic E-state index is 0.211. The summed E-state index contributed by atoms with van der Waals surface area (Å²) in [7, 11) is 0. The standard InChI is InChI=1S/C25H26N6O/c1-2-31-9-7-14(8-10-31)16-5-6-19-20(11-16)29-24(28-19)21-23-18(13-27-25(21)32)17(12-26)22(30-23)15-3-4-15/h5-6,11,13-15,30H,2-4,7-10H2,1H3,(H,27,32)(H,28,29). The van der Waals surface area contributed by atoms with Crippen molar-refractivity contribution in [2.24, 2.45) is 0 Å². The molecule has 1 saturated carbocycles. The van der Waals surface area contributed by atoms with Crippen LogP contribution in [0.15, 0.2) is 29.2 Å². The highest BCUT2D eigenvalue weighted by molar-refractivity contribution is 5.97. The Morgan fingerprint density at radius 2 is 1.97 bits per heavy atom. The predicted molar refractivity (Wildman–Crippen MR) is 125 cm³/mol. The Morgan fingerprint density at radius 3 is 2.69 bits per heavy atom. The topological polar surface area (TPSA) is 104 Å². The zero-order valence-electron chi connectivity index (χ0n) is 18.2. The van der Waals surface area contributed by atoms with E-state index < -0.39 is 0 Å². The number of nitrogens with zero attached hydrogens (tertiary/aromatic N) is 3. The number of rotatable bonds is 4. The van der Waals surface area contributed by atoms with Crippen molar-refractivity contribution in [1.29, 1.82) is 5.26 Å². The summed E-state index contributed by atoms with van der Waals surface area (Å²) in [4.78, 5) is 29.7. The first-order valence-corrected chi connectivity index (χ1v) is 11.6. The summed E-state index contributed by atoms with van der Waals surface area (Å²) in [5.41, 5.74) is 5.66. The number of hydrogen-bond donors (Lipinski definition) is 3. The average molecular weight is 427 g/mol. The molecule has 2 fully saturated rings. The quantitative estimate of drug-likeness (QED) is 0.451. The molecule has 162 valence electrons. The van der Waals surface area contributed by atoms with Gasteiger partial charge in [-0.1, -0.05) is 13.0 Å². The molecule has 3 aromatic heterocycles. The second-order valence-corrected chi connectivity index (χ2v) is 9.15. The number of H-pyrrole nitrogens is 3. The fourth-order valence-electron chi connectivity index (χ4n) is 5.21. The molecular weight excluding hydrogens is 400 g/mol. The number of hydrogen-bond acceptors (Lipinski definition) is 4. The molecule has 1 aromatic carbocycles. The van der Waals surface area contributed by atoms with E-state index in [1.54, 1.807) is 6.20 Å². The third kappa shape index (κ3) is 3.06. The lowest BCUT2D eigenvalue weighted by molar-refractivity contribution is 0.222. The van der Waals surface area contributed by atoms with Gasteiger partial charge >= 0.3 is 0 Å². The van der Waals surface area contributed by atoms with Crippen LogP contribution < -0.4 is 5.56 Å². The van der Waals surface area contributed by atoms with E-state index in [0.29, 0.717) is 34.3 Å². The Labute approximate surface area is 185 Å². The van der Waals surface area contributed by atoms with Crippen molar-refractivity contribution >= 4 is 21.9 Å². The first-order chi connectivity index (χ1) is 15.7. The number of imidazole rings is 1. The number of piperidine rings is 1. The smallest absolute Gasteiger partial charge is 0.261 e. The van der Waals surface area contributed by atoms with Gasteiger partial charge in [-0.15, -0.1) is 0 Å². The highest BCUT2D eigenvalue weighted by atomic mass is 16.1. The largest absolute Gasteiger partial charge is 0.356 e. The lowest BCUT2D eigenvalue weighted by atomic mass is 9.89. The molecule has 0 spiro atoms. The molecule has 4 aromatic rings. The maximum absolute atomic E-state index is 12.9. The van der Waals surface area contributed by atoms with Crippen LogP contribution in [0.5, 0.6) is 0 Å². The highest BCUT2D eigenvalue weighted by Crippen LogP contribution is 2.43. The first kappa shape index (κ1) is 19.3. The van der Waals surface area contributed by atoms with Crippen molar-refractivity contribution in [3.8, 4) is 17.5 Å². The number of aromatic nitrogens is 4. The molecule has 0 amide bonds. The molecule has 0 unspecified atom stereocenters. The van der Waals surface area contributed by atoms with E-state index in [1.807, 2.05) is 0 Å². The first-order valence-electron chi connectivity index (χ1n) is 11.6. The van der Waals surface area contributed by atoms with Gasteiger partial charge < -0.3 is 19.9 Å². The number of fused-ring (bicyclic) bond motifs is 2. The van der Waals surface area contributed by atoms with Crippen LogP contribution in [0.25, 0.3) is 33.3 Å². The van der Waals surface area contributed by atoms with E-state index in [-0.39, 0.29) is 5.56 Å². The number of nitriles is 1.